The van der Waals surface area contributed by atoms with Crippen molar-refractivity contribution in [1.82, 2.24) is 19.7 Å². The predicted octanol–water partition coefficient (Wildman–Crippen LogP) is 4.72. The number of likely N-dealkylation sites (tertiary alicyclic amines) is 1. The molecular formula is C23H30F3N5O. The number of amides is 1. The number of fused-ring (bicyclic) bond motifs is 1. The Balaban J connectivity index is 1.57. The van der Waals surface area contributed by atoms with Crippen molar-refractivity contribution in [3.63, 3.8) is 0 Å². The number of piperidine rings is 1. The molecule has 0 radical (unpaired) electrons. The van der Waals surface area contributed by atoms with E-state index in [4.69, 9.17) is 0 Å². The van der Waals surface area contributed by atoms with Gasteiger partial charge in [-0.05, 0) is 43.7 Å². The molecule has 32 heavy (non-hydrogen) atoms. The number of nitrogens with one attached hydrogen (secondary N) is 1. The zero-order valence-electron chi connectivity index (χ0n) is 18.9. The van der Waals surface area contributed by atoms with E-state index in [2.05, 4.69) is 15.4 Å². The summed E-state index contributed by atoms with van der Waals surface area (Å²) in [7, 11) is 0. The monoisotopic (exact) mass is 449 g/mol. The Hall–Kier alpha value is -2.58. The number of nitrogens with zero attached hydrogens (tertiary/aromatic N) is 4. The van der Waals surface area contributed by atoms with E-state index in [-0.39, 0.29) is 29.7 Å². The fourth-order valence-corrected chi connectivity index (χ4v) is 4.68. The lowest BCUT2D eigenvalue weighted by molar-refractivity contribution is -0.174. The molecule has 0 aromatic carbocycles. The van der Waals surface area contributed by atoms with Crippen LogP contribution in [0, 0.1) is 12.8 Å². The van der Waals surface area contributed by atoms with Crippen LogP contribution in [0.3, 0.4) is 0 Å². The normalized spacial score (nSPS) is 24.1. The van der Waals surface area contributed by atoms with Crippen LogP contribution in [0.25, 0.3) is 0 Å². The van der Waals surface area contributed by atoms with Gasteiger partial charge in [0.2, 0.25) is 0 Å². The first-order valence-electron chi connectivity index (χ1n) is 11.1. The van der Waals surface area contributed by atoms with Crippen molar-refractivity contribution in [3.8, 4) is 0 Å². The molecule has 2 aromatic heterocycles. The first-order chi connectivity index (χ1) is 14.9. The lowest BCUT2D eigenvalue weighted by atomic mass is 9.85. The Morgan fingerprint density at radius 3 is 2.66 bits per heavy atom. The SMILES string of the molecule is Cc1cnccc1C(=O)N1CCC[C@@H]([C@@H]2C[C@H](C(F)(F)F)n3nc(C(C)(C)C)cc3N2)C1. The minimum absolute atomic E-state index is 0.0681. The maximum Gasteiger partial charge on any atom is 0.410 e. The highest BCUT2D eigenvalue weighted by Crippen LogP contribution is 2.43. The number of hydrogen-bond donors (Lipinski definition) is 1. The van der Waals surface area contributed by atoms with E-state index in [1.807, 2.05) is 27.7 Å². The second-order valence-electron chi connectivity index (χ2n) is 10.00. The molecule has 0 spiro atoms. The lowest BCUT2D eigenvalue weighted by Gasteiger charge is -2.41. The molecule has 0 saturated carbocycles. The van der Waals surface area contributed by atoms with E-state index in [1.54, 1.807) is 29.4 Å². The first-order valence-corrected chi connectivity index (χ1v) is 11.1. The molecule has 9 heteroatoms. The minimum Gasteiger partial charge on any atom is -0.367 e. The Bertz CT molecular complexity index is 994. The highest BCUT2D eigenvalue weighted by Gasteiger charge is 2.48. The third kappa shape index (κ3) is 4.34. The molecule has 174 valence electrons. The molecule has 6 nitrogen and oxygen atoms in total. The van der Waals surface area contributed by atoms with Gasteiger partial charge < -0.3 is 10.2 Å². The van der Waals surface area contributed by atoms with Crippen LogP contribution in [0.4, 0.5) is 19.0 Å². The zero-order chi connectivity index (χ0) is 23.3. The summed E-state index contributed by atoms with van der Waals surface area (Å²) in [6.45, 7) is 8.70. The molecule has 3 atom stereocenters. The lowest BCUT2D eigenvalue weighted by Crippen LogP contribution is -2.49. The smallest absolute Gasteiger partial charge is 0.367 e. The molecule has 0 unspecified atom stereocenters. The van der Waals surface area contributed by atoms with Crippen LogP contribution >= 0.6 is 0 Å². The Morgan fingerprint density at radius 1 is 1.25 bits per heavy atom. The van der Waals surface area contributed by atoms with Crippen LogP contribution in [0.1, 0.15) is 67.7 Å². The maximum absolute atomic E-state index is 14.0. The number of hydrogen-bond acceptors (Lipinski definition) is 4. The van der Waals surface area contributed by atoms with Gasteiger partial charge in [0, 0.05) is 48.6 Å². The number of carbonyl (C=O) groups is 1. The van der Waals surface area contributed by atoms with E-state index >= 15 is 0 Å². The number of aryl methyl sites for hydroxylation is 1. The number of anilines is 1. The summed E-state index contributed by atoms with van der Waals surface area (Å²) in [5, 5.41) is 7.63. The molecule has 1 amide bonds. The summed E-state index contributed by atoms with van der Waals surface area (Å²) in [5.74, 6) is 0.251. The van der Waals surface area contributed by atoms with Gasteiger partial charge in [-0.3, -0.25) is 9.78 Å². The average molecular weight is 450 g/mol. The number of carbonyl (C=O) groups excluding carboxylic acids is 1. The molecule has 1 N–H and O–H groups in total. The summed E-state index contributed by atoms with van der Waals surface area (Å²) in [5.41, 5.74) is 1.67. The van der Waals surface area contributed by atoms with Crippen LogP contribution in [0.15, 0.2) is 24.5 Å². The molecule has 1 saturated heterocycles. The topological polar surface area (TPSA) is 63.1 Å². The molecule has 1 fully saturated rings. The second-order valence-corrected chi connectivity index (χ2v) is 10.00. The quantitative estimate of drug-likeness (QED) is 0.721. The van der Waals surface area contributed by atoms with Gasteiger partial charge >= 0.3 is 6.18 Å². The largest absolute Gasteiger partial charge is 0.410 e. The van der Waals surface area contributed by atoms with Gasteiger partial charge in [-0.2, -0.15) is 18.3 Å². The van der Waals surface area contributed by atoms with Gasteiger partial charge in [0.25, 0.3) is 5.91 Å². The third-order valence-corrected chi connectivity index (χ3v) is 6.55. The second kappa shape index (κ2) is 8.08. The highest BCUT2D eigenvalue weighted by atomic mass is 19.4. The molecule has 4 rings (SSSR count). The Labute approximate surface area is 186 Å². The Morgan fingerprint density at radius 2 is 2.00 bits per heavy atom. The number of alkyl halides is 3. The Kier molecular flexibility index (Phi) is 5.71. The van der Waals surface area contributed by atoms with Crippen LogP contribution in [-0.4, -0.2) is 50.9 Å². The number of halogens is 3. The minimum atomic E-state index is -4.39. The van der Waals surface area contributed by atoms with E-state index in [9.17, 15) is 18.0 Å². The van der Waals surface area contributed by atoms with E-state index in [0.717, 1.165) is 23.1 Å². The zero-order valence-corrected chi connectivity index (χ0v) is 18.9. The predicted molar refractivity (Wildman–Crippen MR) is 116 cm³/mol. The first kappa shape index (κ1) is 22.6. The molecule has 0 bridgehead atoms. The molecular weight excluding hydrogens is 419 g/mol. The van der Waals surface area contributed by atoms with Crippen molar-refractivity contribution in [1.29, 1.82) is 0 Å². The van der Waals surface area contributed by atoms with Crippen molar-refractivity contribution >= 4 is 11.7 Å². The molecule has 4 heterocycles. The van der Waals surface area contributed by atoms with Crippen molar-refractivity contribution in [2.24, 2.45) is 5.92 Å². The number of rotatable bonds is 2. The molecule has 0 aliphatic carbocycles. The van der Waals surface area contributed by atoms with Crippen LogP contribution in [0.2, 0.25) is 0 Å². The number of pyridine rings is 1. The van der Waals surface area contributed by atoms with E-state index in [0.29, 0.717) is 30.2 Å². The molecule has 2 aromatic rings. The van der Waals surface area contributed by atoms with Crippen LogP contribution < -0.4 is 5.32 Å². The van der Waals surface area contributed by atoms with Crippen molar-refractivity contribution in [3.05, 3.63) is 41.3 Å². The van der Waals surface area contributed by atoms with Crippen molar-refractivity contribution in [2.45, 2.75) is 70.6 Å². The molecule has 2 aliphatic rings. The van der Waals surface area contributed by atoms with Gasteiger partial charge in [0.05, 0.1) is 5.69 Å². The van der Waals surface area contributed by atoms with Gasteiger partial charge in [0.1, 0.15) is 5.82 Å². The van der Waals surface area contributed by atoms with Crippen LogP contribution in [-0.2, 0) is 5.41 Å². The summed E-state index contributed by atoms with van der Waals surface area (Å²) in [6.07, 6.45) is 0.298. The summed E-state index contributed by atoms with van der Waals surface area (Å²) in [6, 6.07) is 1.38. The van der Waals surface area contributed by atoms with Crippen molar-refractivity contribution in [2.75, 3.05) is 18.4 Å². The highest BCUT2D eigenvalue weighted by molar-refractivity contribution is 5.95. The van der Waals surface area contributed by atoms with Gasteiger partial charge in [-0.15, -0.1) is 0 Å². The van der Waals surface area contributed by atoms with E-state index < -0.39 is 12.2 Å². The molecule has 2 aliphatic heterocycles. The fourth-order valence-electron chi connectivity index (χ4n) is 4.68. The van der Waals surface area contributed by atoms with Crippen LogP contribution in [0.5, 0.6) is 0 Å². The summed E-state index contributed by atoms with van der Waals surface area (Å²) in [4.78, 5) is 18.9. The maximum atomic E-state index is 14.0. The standard InChI is InChI=1S/C23H30F3N5O/c1-14-12-27-8-7-16(14)21(32)30-9-5-6-15(13-30)17-10-19(23(24,25)26)31-20(28-17)11-18(29-31)22(2,3)4/h7-8,11-12,15,17,19,28H,5-6,9-10,13H2,1-4H3/t15-,17+,19-/m1/s1. The van der Waals surface area contributed by atoms with Crippen molar-refractivity contribution < 1.29 is 18.0 Å². The number of aromatic nitrogens is 3. The average Bonchev–Trinajstić information content (AvgIpc) is 3.17. The van der Waals surface area contributed by atoms with Gasteiger partial charge in [0.15, 0.2) is 6.04 Å². The fraction of sp³-hybridized carbons (Fsp3) is 0.609. The summed E-state index contributed by atoms with van der Waals surface area (Å²) >= 11 is 0. The van der Waals surface area contributed by atoms with Gasteiger partial charge in [-0.1, -0.05) is 20.8 Å². The third-order valence-electron chi connectivity index (χ3n) is 6.55. The van der Waals surface area contributed by atoms with E-state index in [1.165, 1.54) is 0 Å². The van der Waals surface area contributed by atoms with Gasteiger partial charge in [-0.25, -0.2) is 4.68 Å². The summed E-state index contributed by atoms with van der Waals surface area (Å²) < 4.78 is 43.0.